The molecule has 1 aliphatic heterocycles. The van der Waals surface area contributed by atoms with E-state index in [4.69, 9.17) is 0 Å². The molecule has 104 valence electrons. The third kappa shape index (κ3) is 2.50. The molecule has 1 aliphatic rings. The van der Waals surface area contributed by atoms with E-state index in [2.05, 4.69) is 4.98 Å². The van der Waals surface area contributed by atoms with Crippen LogP contribution in [0.3, 0.4) is 0 Å². The van der Waals surface area contributed by atoms with Gasteiger partial charge in [-0.1, -0.05) is 31.0 Å². The summed E-state index contributed by atoms with van der Waals surface area (Å²) >= 11 is 0. The van der Waals surface area contributed by atoms with Crippen LogP contribution in [-0.2, 0) is 0 Å². The number of carbonyl (C=O) groups excluding carboxylic acids is 1. The highest BCUT2D eigenvalue weighted by molar-refractivity contribution is 5.95. The van der Waals surface area contributed by atoms with Crippen LogP contribution >= 0.6 is 0 Å². The highest BCUT2D eigenvalue weighted by Crippen LogP contribution is 2.18. The quantitative estimate of drug-likeness (QED) is 0.797. The van der Waals surface area contributed by atoms with Gasteiger partial charge < -0.3 is 4.90 Å². The number of likely N-dealkylation sites (tertiary alicyclic amines) is 1. The number of fused-ring (bicyclic) bond motifs is 1. The zero-order valence-corrected chi connectivity index (χ0v) is 11.3. The number of carbonyl (C=O) groups is 1. The Morgan fingerprint density at radius 1 is 1.05 bits per heavy atom. The second kappa shape index (κ2) is 5.57. The van der Waals surface area contributed by atoms with Crippen LogP contribution in [0.2, 0.25) is 0 Å². The Morgan fingerprint density at radius 2 is 1.80 bits per heavy atom. The first-order valence-corrected chi connectivity index (χ1v) is 7.10. The summed E-state index contributed by atoms with van der Waals surface area (Å²) in [6.45, 7) is 1.55. The second-order valence-electron chi connectivity index (χ2n) is 5.21. The van der Waals surface area contributed by atoms with Gasteiger partial charge in [-0.3, -0.25) is 4.79 Å². The summed E-state index contributed by atoms with van der Waals surface area (Å²) in [4.78, 5) is 18.5. The van der Waals surface area contributed by atoms with Crippen molar-refractivity contribution < 1.29 is 9.18 Å². The number of benzene rings is 1. The summed E-state index contributed by atoms with van der Waals surface area (Å²) in [6, 6.07) is 8.27. The van der Waals surface area contributed by atoms with Crippen LogP contribution in [0, 0.1) is 5.82 Å². The van der Waals surface area contributed by atoms with Crippen molar-refractivity contribution in [2.45, 2.75) is 25.7 Å². The van der Waals surface area contributed by atoms with Gasteiger partial charge in [0.2, 0.25) is 0 Å². The van der Waals surface area contributed by atoms with E-state index in [0.29, 0.717) is 5.69 Å². The maximum Gasteiger partial charge on any atom is 0.272 e. The molecule has 2 aromatic rings. The van der Waals surface area contributed by atoms with Crippen LogP contribution in [-0.4, -0.2) is 28.9 Å². The number of aromatic nitrogens is 1. The predicted molar refractivity (Wildman–Crippen MR) is 76.1 cm³/mol. The molecule has 0 saturated carbocycles. The molecule has 1 amide bonds. The van der Waals surface area contributed by atoms with Crippen LogP contribution < -0.4 is 0 Å². The third-order valence-corrected chi connectivity index (χ3v) is 3.78. The van der Waals surface area contributed by atoms with Crippen molar-refractivity contribution in [1.82, 2.24) is 9.88 Å². The van der Waals surface area contributed by atoms with Crippen LogP contribution in [0.4, 0.5) is 4.39 Å². The van der Waals surface area contributed by atoms with Crippen molar-refractivity contribution in [2.75, 3.05) is 13.1 Å². The number of hydrogen-bond donors (Lipinski definition) is 0. The van der Waals surface area contributed by atoms with E-state index in [-0.39, 0.29) is 17.2 Å². The van der Waals surface area contributed by atoms with Gasteiger partial charge in [0.1, 0.15) is 17.0 Å². The Morgan fingerprint density at radius 3 is 2.55 bits per heavy atom. The molecule has 2 heterocycles. The minimum absolute atomic E-state index is 0.0861. The molecular formula is C16H17FN2O. The van der Waals surface area contributed by atoms with Gasteiger partial charge in [0.25, 0.3) is 5.91 Å². The Hall–Kier alpha value is -1.97. The van der Waals surface area contributed by atoms with Gasteiger partial charge in [-0.05, 0) is 25.0 Å². The number of rotatable bonds is 1. The van der Waals surface area contributed by atoms with E-state index in [1.165, 1.54) is 18.9 Å². The lowest BCUT2D eigenvalue weighted by atomic mass is 10.2. The number of halogens is 1. The van der Waals surface area contributed by atoms with Crippen molar-refractivity contribution in [2.24, 2.45) is 0 Å². The lowest BCUT2D eigenvalue weighted by Crippen LogP contribution is -2.32. The van der Waals surface area contributed by atoms with Crippen molar-refractivity contribution in [3.05, 3.63) is 41.8 Å². The standard InChI is InChI=1S/C16H17FN2O/c17-13-7-5-6-12-8-9-14(18-15(12)13)16(20)19-10-3-1-2-4-11-19/h5-9H,1-4,10-11H2. The van der Waals surface area contributed by atoms with Gasteiger partial charge in [0, 0.05) is 18.5 Å². The molecule has 20 heavy (non-hydrogen) atoms. The summed E-state index contributed by atoms with van der Waals surface area (Å²) in [7, 11) is 0. The van der Waals surface area contributed by atoms with Crippen molar-refractivity contribution in [3.63, 3.8) is 0 Å². The zero-order valence-electron chi connectivity index (χ0n) is 11.3. The summed E-state index contributed by atoms with van der Waals surface area (Å²) in [5.74, 6) is -0.468. The molecule has 3 nitrogen and oxygen atoms in total. The highest BCUT2D eigenvalue weighted by atomic mass is 19.1. The first kappa shape index (κ1) is 13.0. The minimum atomic E-state index is -0.381. The van der Waals surface area contributed by atoms with Gasteiger partial charge in [0.15, 0.2) is 0 Å². The summed E-state index contributed by atoms with van der Waals surface area (Å²) in [5, 5.41) is 0.720. The van der Waals surface area contributed by atoms with Crippen LogP contribution in [0.1, 0.15) is 36.2 Å². The third-order valence-electron chi connectivity index (χ3n) is 3.78. The molecule has 0 unspecified atom stereocenters. The molecule has 0 radical (unpaired) electrons. The van der Waals surface area contributed by atoms with Crippen LogP contribution in [0.15, 0.2) is 30.3 Å². The molecule has 0 bridgehead atoms. The number of amides is 1. The average Bonchev–Trinajstić information content (AvgIpc) is 2.76. The fourth-order valence-corrected chi connectivity index (χ4v) is 2.67. The number of hydrogen-bond acceptors (Lipinski definition) is 2. The fraction of sp³-hybridized carbons (Fsp3) is 0.375. The maximum atomic E-state index is 13.7. The van der Waals surface area contributed by atoms with Gasteiger partial charge in [0.05, 0.1) is 0 Å². The predicted octanol–water partition coefficient (Wildman–Crippen LogP) is 3.39. The molecular weight excluding hydrogens is 255 g/mol. The van der Waals surface area contributed by atoms with Gasteiger partial charge in [-0.15, -0.1) is 0 Å². The van der Waals surface area contributed by atoms with Crippen LogP contribution in [0.25, 0.3) is 10.9 Å². The Bertz CT molecular complexity index is 633. The monoisotopic (exact) mass is 272 g/mol. The van der Waals surface area contributed by atoms with Crippen molar-refractivity contribution >= 4 is 16.8 Å². The Balaban J connectivity index is 1.93. The Kier molecular flexibility index (Phi) is 3.63. The van der Waals surface area contributed by atoms with E-state index < -0.39 is 0 Å². The summed E-state index contributed by atoms with van der Waals surface area (Å²) in [6.07, 6.45) is 4.41. The van der Waals surface area contributed by atoms with Crippen molar-refractivity contribution in [1.29, 1.82) is 0 Å². The number of nitrogens with zero attached hydrogens (tertiary/aromatic N) is 2. The normalized spacial score (nSPS) is 16.1. The molecule has 0 spiro atoms. The lowest BCUT2D eigenvalue weighted by Gasteiger charge is -2.19. The maximum absolute atomic E-state index is 13.7. The van der Waals surface area contributed by atoms with E-state index >= 15 is 0 Å². The largest absolute Gasteiger partial charge is 0.337 e. The van der Waals surface area contributed by atoms with E-state index in [1.54, 1.807) is 24.3 Å². The molecule has 1 aromatic carbocycles. The van der Waals surface area contributed by atoms with Gasteiger partial charge in [-0.2, -0.15) is 0 Å². The van der Waals surface area contributed by atoms with E-state index in [9.17, 15) is 9.18 Å². The van der Waals surface area contributed by atoms with E-state index in [0.717, 1.165) is 31.3 Å². The zero-order chi connectivity index (χ0) is 13.9. The smallest absolute Gasteiger partial charge is 0.272 e. The molecule has 1 fully saturated rings. The molecule has 1 saturated heterocycles. The summed E-state index contributed by atoms with van der Waals surface area (Å²) < 4.78 is 13.7. The van der Waals surface area contributed by atoms with Gasteiger partial charge >= 0.3 is 0 Å². The van der Waals surface area contributed by atoms with Gasteiger partial charge in [-0.25, -0.2) is 9.37 Å². The fourth-order valence-electron chi connectivity index (χ4n) is 2.67. The second-order valence-corrected chi connectivity index (χ2v) is 5.21. The molecule has 4 heteroatoms. The Labute approximate surface area is 117 Å². The molecule has 0 N–H and O–H groups in total. The highest BCUT2D eigenvalue weighted by Gasteiger charge is 2.19. The molecule has 0 aliphatic carbocycles. The SMILES string of the molecule is O=C(c1ccc2cccc(F)c2n1)N1CCCCCC1. The lowest BCUT2D eigenvalue weighted by molar-refractivity contribution is 0.0756. The van der Waals surface area contributed by atoms with E-state index in [1.807, 2.05) is 4.90 Å². The minimum Gasteiger partial charge on any atom is -0.337 e. The number of pyridine rings is 1. The van der Waals surface area contributed by atoms with Crippen molar-refractivity contribution in [3.8, 4) is 0 Å². The molecule has 0 atom stereocenters. The average molecular weight is 272 g/mol. The topological polar surface area (TPSA) is 33.2 Å². The summed E-state index contributed by atoms with van der Waals surface area (Å²) in [5.41, 5.74) is 0.609. The molecule has 1 aromatic heterocycles. The first-order valence-electron chi connectivity index (χ1n) is 7.10. The number of para-hydroxylation sites is 1. The first-order chi connectivity index (χ1) is 9.75. The molecule has 3 rings (SSSR count). The van der Waals surface area contributed by atoms with Crippen LogP contribution in [0.5, 0.6) is 0 Å².